The van der Waals surface area contributed by atoms with Gasteiger partial charge in [0, 0.05) is 16.7 Å². The van der Waals surface area contributed by atoms with Gasteiger partial charge < -0.3 is 10.1 Å². The molecule has 0 bridgehead atoms. The summed E-state index contributed by atoms with van der Waals surface area (Å²) in [6.07, 6.45) is 2.24. The highest BCUT2D eigenvalue weighted by molar-refractivity contribution is 7.99. The Labute approximate surface area is 116 Å². The molecule has 1 aromatic carbocycles. The van der Waals surface area contributed by atoms with E-state index >= 15 is 0 Å². The Morgan fingerprint density at radius 3 is 2.74 bits per heavy atom. The number of carbonyl (C=O) groups is 1. The minimum atomic E-state index is -0.289. The maximum atomic E-state index is 12.8. The molecule has 0 heterocycles. The summed E-state index contributed by atoms with van der Waals surface area (Å²) in [5.74, 6) is 0.146. The van der Waals surface area contributed by atoms with Crippen molar-refractivity contribution in [3.8, 4) is 0 Å². The van der Waals surface area contributed by atoms with Gasteiger partial charge in [0.15, 0.2) is 0 Å². The molecule has 0 spiro atoms. The monoisotopic (exact) mass is 283 g/mol. The van der Waals surface area contributed by atoms with Crippen LogP contribution in [-0.4, -0.2) is 30.4 Å². The van der Waals surface area contributed by atoms with Gasteiger partial charge in [0.25, 0.3) is 0 Å². The number of benzene rings is 1. The molecule has 2 rings (SSSR count). The van der Waals surface area contributed by atoms with E-state index < -0.39 is 0 Å². The van der Waals surface area contributed by atoms with Crippen LogP contribution in [-0.2, 0) is 9.53 Å². The van der Waals surface area contributed by atoms with E-state index in [0.717, 1.165) is 17.7 Å². The quantitative estimate of drug-likeness (QED) is 0.616. The Morgan fingerprint density at radius 1 is 1.47 bits per heavy atom. The lowest BCUT2D eigenvalue weighted by Crippen LogP contribution is -2.41. The number of rotatable bonds is 7. The topological polar surface area (TPSA) is 38.3 Å². The normalized spacial score (nSPS) is 16.1. The zero-order valence-electron chi connectivity index (χ0n) is 10.9. The van der Waals surface area contributed by atoms with Gasteiger partial charge in [-0.2, -0.15) is 0 Å². The second kappa shape index (κ2) is 6.91. The van der Waals surface area contributed by atoms with Crippen molar-refractivity contribution in [2.45, 2.75) is 36.7 Å². The first-order chi connectivity index (χ1) is 9.19. The molecular formula is C14H18FNO2S. The van der Waals surface area contributed by atoms with Gasteiger partial charge in [-0.25, -0.2) is 4.39 Å². The van der Waals surface area contributed by atoms with Crippen LogP contribution in [0.5, 0.6) is 0 Å². The predicted octanol–water partition coefficient (Wildman–Crippen LogP) is 2.60. The first-order valence-electron chi connectivity index (χ1n) is 6.50. The Balaban J connectivity index is 1.87. The maximum absolute atomic E-state index is 12.8. The van der Waals surface area contributed by atoms with Crippen molar-refractivity contribution in [1.29, 1.82) is 0 Å². The highest BCUT2D eigenvalue weighted by atomic mass is 32.2. The molecule has 0 saturated heterocycles. The van der Waals surface area contributed by atoms with Crippen molar-refractivity contribution in [1.82, 2.24) is 5.32 Å². The van der Waals surface area contributed by atoms with E-state index in [1.165, 1.54) is 23.9 Å². The van der Waals surface area contributed by atoms with Crippen LogP contribution in [0.15, 0.2) is 29.2 Å². The molecule has 1 N–H and O–H groups in total. The molecule has 104 valence electrons. The average molecular weight is 283 g/mol. The number of ether oxygens (including phenoxy) is 1. The van der Waals surface area contributed by atoms with Gasteiger partial charge in [0.1, 0.15) is 11.9 Å². The van der Waals surface area contributed by atoms with Crippen molar-refractivity contribution in [3.05, 3.63) is 30.1 Å². The molecule has 0 aromatic heterocycles. The molecule has 1 aromatic rings. The molecule has 1 saturated carbocycles. The summed E-state index contributed by atoms with van der Waals surface area (Å²) in [6, 6.07) is 6.45. The van der Waals surface area contributed by atoms with Crippen molar-refractivity contribution >= 4 is 17.7 Å². The zero-order chi connectivity index (χ0) is 13.7. The summed E-state index contributed by atoms with van der Waals surface area (Å²) >= 11 is 1.53. The fraction of sp³-hybridized carbons (Fsp3) is 0.500. The molecule has 0 aliphatic heterocycles. The van der Waals surface area contributed by atoms with E-state index in [2.05, 4.69) is 5.32 Å². The standard InChI is InChI=1S/C14H18FNO2S/c1-2-18-14(17)13(16-11-5-6-11)9-19-12-7-3-10(15)4-8-12/h3-4,7-8,11,13,16H,2,5-6,9H2,1H3. The van der Waals surface area contributed by atoms with Gasteiger partial charge in [0.05, 0.1) is 6.61 Å². The summed E-state index contributed by atoms with van der Waals surface area (Å²) in [7, 11) is 0. The van der Waals surface area contributed by atoms with Gasteiger partial charge in [-0.05, 0) is 44.0 Å². The van der Waals surface area contributed by atoms with E-state index in [-0.39, 0.29) is 17.8 Å². The molecule has 3 nitrogen and oxygen atoms in total. The number of hydrogen-bond donors (Lipinski definition) is 1. The third-order valence-corrected chi connectivity index (χ3v) is 3.92. The number of hydrogen-bond acceptors (Lipinski definition) is 4. The minimum absolute atomic E-state index is 0.205. The molecule has 1 atom stereocenters. The summed E-state index contributed by atoms with van der Waals surface area (Å²) < 4.78 is 17.9. The first-order valence-corrected chi connectivity index (χ1v) is 7.48. The van der Waals surface area contributed by atoms with Crippen LogP contribution in [0.1, 0.15) is 19.8 Å². The number of carbonyl (C=O) groups excluding carboxylic acids is 1. The van der Waals surface area contributed by atoms with Crippen LogP contribution >= 0.6 is 11.8 Å². The SMILES string of the molecule is CCOC(=O)C(CSc1ccc(F)cc1)NC1CC1. The van der Waals surface area contributed by atoms with Crippen LogP contribution in [0, 0.1) is 5.82 Å². The first kappa shape index (κ1) is 14.3. The van der Waals surface area contributed by atoms with Gasteiger partial charge in [0.2, 0.25) is 0 Å². The maximum Gasteiger partial charge on any atom is 0.324 e. The van der Waals surface area contributed by atoms with Gasteiger partial charge >= 0.3 is 5.97 Å². The molecule has 0 radical (unpaired) electrons. The Bertz CT molecular complexity index is 420. The molecule has 1 aliphatic carbocycles. The second-order valence-electron chi connectivity index (χ2n) is 4.51. The Morgan fingerprint density at radius 2 is 2.16 bits per heavy atom. The van der Waals surface area contributed by atoms with E-state index in [4.69, 9.17) is 4.74 Å². The fourth-order valence-corrected chi connectivity index (χ4v) is 2.59. The van der Waals surface area contributed by atoms with E-state index in [9.17, 15) is 9.18 Å². The zero-order valence-corrected chi connectivity index (χ0v) is 11.7. The molecule has 1 unspecified atom stereocenters. The third kappa shape index (κ3) is 4.84. The molecular weight excluding hydrogens is 265 g/mol. The largest absolute Gasteiger partial charge is 0.465 e. The van der Waals surface area contributed by atoms with E-state index in [0.29, 0.717) is 18.4 Å². The van der Waals surface area contributed by atoms with Crippen LogP contribution in [0.25, 0.3) is 0 Å². The molecule has 0 amide bonds. The van der Waals surface area contributed by atoms with Crippen LogP contribution in [0.3, 0.4) is 0 Å². The van der Waals surface area contributed by atoms with Crippen molar-refractivity contribution in [2.75, 3.05) is 12.4 Å². The van der Waals surface area contributed by atoms with Crippen LogP contribution < -0.4 is 5.32 Å². The van der Waals surface area contributed by atoms with Crippen LogP contribution in [0.2, 0.25) is 0 Å². The number of nitrogens with one attached hydrogen (secondary N) is 1. The summed E-state index contributed by atoms with van der Waals surface area (Å²) in [5, 5.41) is 3.29. The Kier molecular flexibility index (Phi) is 5.22. The highest BCUT2D eigenvalue weighted by Crippen LogP contribution is 2.23. The molecule has 19 heavy (non-hydrogen) atoms. The van der Waals surface area contributed by atoms with Gasteiger partial charge in [-0.3, -0.25) is 4.79 Å². The molecule has 1 fully saturated rings. The summed E-state index contributed by atoms with van der Waals surface area (Å²) in [5.41, 5.74) is 0. The Hall–Kier alpha value is -1.07. The molecule has 1 aliphatic rings. The third-order valence-electron chi connectivity index (χ3n) is 2.82. The number of halogens is 1. The minimum Gasteiger partial charge on any atom is -0.465 e. The van der Waals surface area contributed by atoms with Crippen molar-refractivity contribution in [2.24, 2.45) is 0 Å². The average Bonchev–Trinajstić information content (AvgIpc) is 3.20. The number of thioether (sulfide) groups is 1. The summed E-state index contributed by atoms with van der Waals surface area (Å²) in [6.45, 7) is 2.20. The predicted molar refractivity (Wildman–Crippen MR) is 73.7 cm³/mol. The molecule has 5 heteroatoms. The number of esters is 1. The van der Waals surface area contributed by atoms with Gasteiger partial charge in [-0.15, -0.1) is 11.8 Å². The lowest BCUT2D eigenvalue weighted by molar-refractivity contribution is -0.145. The lowest BCUT2D eigenvalue weighted by atomic mass is 10.3. The van der Waals surface area contributed by atoms with E-state index in [1.54, 1.807) is 19.1 Å². The second-order valence-corrected chi connectivity index (χ2v) is 5.60. The van der Waals surface area contributed by atoms with Crippen LogP contribution in [0.4, 0.5) is 4.39 Å². The van der Waals surface area contributed by atoms with Crippen molar-refractivity contribution < 1.29 is 13.9 Å². The van der Waals surface area contributed by atoms with E-state index in [1.807, 2.05) is 0 Å². The smallest absolute Gasteiger partial charge is 0.324 e. The highest BCUT2D eigenvalue weighted by Gasteiger charge is 2.29. The fourth-order valence-electron chi connectivity index (χ4n) is 1.67. The lowest BCUT2D eigenvalue weighted by Gasteiger charge is -2.16. The van der Waals surface area contributed by atoms with Crippen molar-refractivity contribution in [3.63, 3.8) is 0 Å². The summed E-state index contributed by atoms with van der Waals surface area (Å²) in [4.78, 5) is 12.8. The van der Waals surface area contributed by atoms with Gasteiger partial charge in [-0.1, -0.05) is 0 Å².